The molecule has 3 rings (SSSR count). The highest BCUT2D eigenvalue weighted by Crippen LogP contribution is 2.19. The van der Waals surface area contributed by atoms with Crippen LogP contribution in [-0.4, -0.2) is 33.5 Å². The Bertz CT molecular complexity index is 903. The lowest BCUT2D eigenvalue weighted by molar-refractivity contribution is -0.122. The summed E-state index contributed by atoms with van der Waals surface area (Å²) >= 11 is 0. The zero-order valence-electron chi connectivity index (χ0n) is 15.6. The van der Waals surface area contributed by atoms with Crippen molar-refractivity contribution < 1.29 is 14.4 Å². The number of fused-ring (bicyclic) bond motifs is 1. The van der Waals surface area contributed by atoms with Crippen molar-refractivity contribution in [2.75, 3.05) is 5.32 Å². The first-order chi connectivity index (χ1) is 12.9. The highest BCUT2D eigenvalue weighted by Gasteiger charge is 2.27. The number of carbonyl (C=O) groups excluding carboxylic acids is 3. The van der Waals surface area contributed by atoms with Crippen LogP contribution in [0.3, 0.4) is 0 Å². The second kappa shape index (κ2) is 7.61. The van der Waals surface area contributed by atoms with Crippen LogP contribution in [-0.2, 0) is 23.2 Å². The topological polar surface area (TPSA) is 105 Å². The number of rotatable bonds is 5. The Kier molecular flexibility index (Phi) is 5.25. The first-order valence-electron chi connectivity index (χ1n) is 8.83. The third-order valence-electron chi connectivity index (χ3n) is 4.83. The number of nitrogens with zero attached hydrogens (tertiary/aromatic N) is 2. The van der Waals surface area contributed by atoms with Crippen LogP contribution in [0.1, 0.15) is 40.2 Å². The molecule has 142 valence electrons. The number of amides is 3. The molecular weight excluding hydrogens is 346 g/mol. The molecule has 0 aliphatic carbocycles. The molecule has 27 heavy (non-hydrogen) atoms. The van der Waals surface area contributed by atoms with Crippen molar-refractivity contribution in [2.24, 2.45) is 7.05 Å². The van der Waals surface area contributed by atoms with Gasteiger partial charge in [-0.2, -0.15) is 5.10 Å². The van der Waals surface area contributed by atoms with E-state index in [1.807, 2.05) is 20.9 Å². The van der Waals surface area contributed by atoms with Gasteiger partial charge in [0.15, 0.2) is 0 Å². The van der Waals surface area contributed by atoms with Crippen molar-refractivity contribution in [2.45, 2.75) is 39.3 Å². The SMILES string of the molecule is Cc1nn(C)c(C)c1CNC(=O)CC[C@H]1NC(=O)c2ccccc2NC1=O. The summed E-state index contributed by atoms with van der Waals surface area (Å²) in [5.41, 5.74) is 3.76. The molecule has 1 aliphatic rings. The third kappa shape index (κ3) is 3.99. The lowest BCUT2D eigenvalue weighted by atomic mass is 10.1. The number of aryl methyl sites for hydroxylation is 2. The van der Waals surface area contributed by atoms with Crippen molar-refractivity contribution >= 4 is 23.4 Å². The minimum Gasteiger partial charge on any atom is -0.352 e. The Balaban J connectivity index is 1.56. The smallest absolute Gasteiger partial charge is 0.254 e. The zero-order valence-corrected chi connectivity index (χ0v) is 15.6. The fraction of sp³-hybridized carbons (Fsp3) is 0.368. The van der Waals surface area contributed by atoms with Gasteiger partial charge in [-0.1, -0.05) is 12.1 Å². The van der Waals surface area contributed by atoms with E-state index in [4.69, 9.17) is 0 Å². The Morgan fingerprint density at radius 2 is 2.00 bits per heavy atom. The number of benzene rings is 1. The second-order valence-corrected chi connectivity index (χ2v) is 6.65. The predicted molar refractivity (Wildman–Crippen MR) is 100 cm³/mol. The summed E-state index contributed by atoms with van der Waals surface area (Å²) in [5.74, 6) is -0.822. The summed E-state index contributed by atoms with van der Waals surface area (Å²) in [6.07, 6.45) is 0.357. The van der Waals surface area contributed by atoms with Crippen LogP contribution in [0.25, 0.3) is 0 Å². The maximum absolute atomic E-state index is 12.3. The van der Waals surface area contributed by atoms with Crippen LogP contribution in [0.4, 0.5) is 5.69 Å². The molecule has 0 bridgehead atoms. The fourth-order valence-electron chi connectivity index (χ4n) is 3.14. The van der Waals surface area contributed by atoms with E-state index in [9.17, 15) is 14.4 Å². The molecule has 1 atom stereocenters. The molecule has 3 amide bonds. The maximum atomic E-state index is 12.3. The van der Waals surface area contributed by atoms with Crippen molar-refractivity contribution in [3.8, 4) is 0 Å². The van der Waals surface area contributed by atoms with Crippen LogP contribution in [0.15, 0.2) is 24.3 Å². The van der Waals surface area contributed by atoms with E-state index < -0.39 is 6.04 Å². The predicted octanol–water partition coefficient (Wildman–Crippen LogP) is 1.18. The number of anilines is 1. The Morgan fingerprint density at radius 1 is 1.26 bits per heavy atom. The van der Waals surface area contributed by atoms with Crippen LogP contribution in [0.2, 0.25) is 0 Å². The molecule has 8 nitrogen and oxygen atoms in total. The van der Waals surface area contributed by atoms with E-state index in [-0.39, 0.29) is 30.6 Å². The van der Waals surface area contributed by atoms with Gasteiger partial charge < -0.3 is 16.0 Å². The molecule has 0 saturated heterocycles. The van der Waals surface area contributed by atoms with Gasteiger partial charge in [-0.15, -0.1) is 0 Å². The minimum atomic E-state index is -0.752. The van der Waals surface area contributed by atoms with Gasteiger partial charge in [-0.3, -0.25) is 19.1 Å². The third-order valence-corrected chi connectivity index (χ3v) is 4.83. The molecule has 0 fully saturated rings. The van der Waals surface area contributed by atoms with Gasteiger partial charge >= 0.3 is 0 Å². The number of hydrogen-bond acceptors (Lipinski definition) is 4. The molecule has 3 N–H and O–H groups in total. The van der Waals surface area contributed by atoms with E-state index in [2.05, 4.69) is 21.0 Å². The molecule has 1 aromatic carbocycles. The summed E-state index contributed by atoms with van der Waals surface area (Å²) in [6, 6.07) is 6.07. The number of hydrogen-bond donors (Lipinski definition) is 3. The Labute approximate surface area is 157 Å². The van der Waals surface area contributed by atoms with Crippen LogP contribution in [0.5, 0.6) is 0 Å². The molecule has 0 saturated carbocycles. The van der Waals surface area contributed by atoms with Crippen LogP contribution >= 0.6 is 0 Å². The average Bonchev–Trinajstić information content (AvgIpc) is 2.80. The quantitative estimate of drug-likeness (QED) is 0.736. The number of aromatic nitrogens is 2. The maximum Gasteiger partial charge on any atom is 0.254 e. The highest BCUT2D eigenvalue weighted by molar-refractivity contribution is 6.09. The fourth-order valence-corrected chi connectivity index (χ4v) is 3.14. The highest BCUT2D eigenvalue weighted by atomic mass is 16.2. The van der Waals surface area contributed by atoms with Crippen LogP contribution < -0.4 is 16.0 Å². The molecule has 8 heteroatoms. The van der Waals surface area contributed by atoms with E-state index >= 15 is 0 Å². The number of para-hydroxylation sites is 1. The molecule has 2 heterocycles. The molecule has 0 radical (unpaired) electrons. The first-order valence-corrected chi connectivity index (χ1v) is 8.83. The first kappa shape index (κ1) is 18.6. The largest absolute Gasteiger partial charge is 0.352 e. The average molecular weight is 369 g/mol. The van der Waals surface area contributed by atoms with Gasteiger partial charge in [0, 0.05) is 31.3 Å². The number of nitrogens with one attached hydrogen (secondary N) is 3. The van der Waals surface area contributed by atoms with Gasteiger partial charge in [-0.05, 0) is 32.4 Å². The summed E-state index contributed by atoms with van der Waals surface area (Å²) in [6.45, 7) is 4.24. The molecule has 0 unspecified atom stereocenters. The standard InChI is InChI=1S/C19H23N5O3/c1-11-14(12(2)24(3)23-11)10-20-17(25)9-8-16-19(27)21-15-7-5-4-6-13(15)18(26)22-16/h4-7,16H,8-10H2,1-3H3,(H,20,25)(H,21,27)(H,22,26)/t16-/m1/s1. The van der Waals surface area contributed by atoms with Gasteiger partial charge in [-0.25, -0.2) is 0 Å². The van der Waals surface area contributed by atoms with Crippen molar-refractivity contribution in [1.82, 2.24) is 20.4 Å². The summed E-state index contributed by atoms with van der Waals surface area (Å²) < 4.78 is 1.78. The van der Waals surface area contributed by atoms with Gasteiger partial charge in [0.1, 0.15) is 6.04 Å². The second-order valence-electron chi connectivity index (χ2n) is 6.65. The molecule has 1 aromatic heterocycles. The van der Waals surface area contributed by atoms with Crippen molar-refractivity contribution in [3.05, 3.63) is 46.8 Å². The number of carbonyl (C=O) groups is 3. The lowest BCUT2D eigenvalue weighted by Gasteiger charge is -2.14. The van der Waals surface area contributed by atoms with E-state index in [1.165, 1.54) is 0 Å². The summed E-state index contributed by atoms with van der Waals surface area (Å²) in [7, 11) is 1.86. The van der Waals surface area contributed by atoms with Crippen molar-refractivity contribution in [1.29, 1.82) is 0 Å². The van der Waals surface area contributed by atoms with E-state index in [0.717, 1.165) is 17.0 Å². The summed E-state index contributed by atoms with van der Waals surface area (Å²) in [4.78, 5) is 36.8. The normalized spacial score (nSPS) is 16.2. The van der Waals surface area contributed by atoms with Gasteiger partial charge in [0.05, 0.1) is 16.9 Å². The van der Waals surface area contributed by atoms with Crippen molar-refractivity contribution in [3.63, 3.8) is 0 Å². The zero-order chi connectivity index (χ0) is 19.6. The molecular formula is C19H23N5O3. The van der Waals surface area contributed by atoms with Gasteiger partial charge in [0.2, 0.25) is 11.8 Å². The summed E-state index contributed by atoms with van der Waals surface area (Å²) in [5, 5.41) is 12.6. The lowest BCUT2D eigenvalue weighted by Crippen LogP contribution is -2.42. The van der Waals surface area contributed by atoms with E-state index in [0.29, 0.717) is 17.8 Å². The minimum absolute atomic E-state index is 0.132. The Morgan fingerprint density at radius 3 is 2.70 bits per heavy atom. The molecule has 1 aliphatic heterocycles. The Hall–Kier alpha value is -3.16. The molecule has 2 aromatic rings. The van der Waals surface area contributed by atoms with Crippen LogP contribution in [0, 0.1) is 13.8 Å². The van der Waals surface area contributed by atoms with Gasteiger partial charge in [0.25, 0.3) is 5.91 Å². The molecule has 0 spiro atoms. The van der Waals surface area contributed by atoms with E-state index in [1.54, 1.807) is 28.9 Å². The monoisotopic (exact) mass is 369 g/mol.